The van der Waals surface area contributed by atoms with Gasteiger partial charge in [-0.15, -0.1) is 0 Å². The lowest BCUT2D eigenvalue weighted by Gasteiger charge is -2.40. The number of aryl methyl sites for hydroxylation is 2. The van der Waals surface area contributed by atoms with Gasteiger partial charge in [-0.3, -0.25) is 9.69 Å². The number of anilines is 1. The van der Waals surface area contributed by atoms with Gasteiger partial charge in [0.25, 0.3) is 0 Å². The Morgan fingerprint density at radius 1 is 1.11 bits per heavy atom. The fourth-order valence-corrected chi connectivity index (χ4v) is 5.57. The van der Waals surface area contributed by atoms with Crippen LogP contribution in [0.2, 0.25) is 5.02 Å². The minimum Gasteiger partial charge on any atom is -0.489 e. The van der Waals surface area contributed by atoms with Crippen LogP contribution in [0.5, 0.6) is 5.75 Å². The van der Waals surface area contributed by atoms with Gasteiger partial charge in [-0.05, 0) is 91.4 Å². The van der Waals surface area contributed by atoms with E-state index in [2.05, 4.69) is 6.07 Å². The predicted octanol–water partition coefficient (Wildman–Crippen LogP) is 6.98. The van der Waals surface area contributed by atoms with Gasteiger partial charge >= 0.3 is 0 Å². The molecule has 0 bridgehead atoms. The molecule has 1 heterocycles. The van der Waals surface area contributed by atoms with Crippen LogP contribution in [-0.2, 0) is 11.4 Å². The fraction of sp³-hybridized carbons (Fsp3) is 0.226. The Morgan fingerprint density at radius 3 is 2.58 bits per heavy atom. The third kappa shape index (κ3) is 4.66. The summed E-state index contributed by atoms with van der Waals surface area (Å²) in [6, 6.07) is 19.5. The van der Waals surface area contributed by atoms with Crippen LogP contribution < -0.4 is 15.4 Å². The second kappa shape index (κ2) is 10.4. The van der Waals surface area contributed by atoms with Crippen LogP contribution in [0.4, 0.5) is 10.1 Å². The Bertz CT molecular complexity index is 1540. The number of nitrogens with two attached hydrogens (primary N) is 1. The molecule has 5 rings (SSSR count). The molecule has 7 heteroatoms. The molecule has 38 heavy (non-hydrogen) atoms. The topological polar surface area (TPSA) is 79.4 Å². The van der Waals surface area contributed by atoms with Crippen LogP contribution in [0.25, 0.3) is 0 Å². The number of benzene rings is 3. The highest BCUT2D eigenvalue weighted by molar-refractivity contribution is 6.30. The van der Waals surface area contributed by atoms with Gasteiger partial charge in [-0.25, -0.2) is 4.39 Å². The van der Waals surface area contributed by atoms with Gasteiger partial charge in [0.1, 0.15) is 24.0 Å². The minimum absolute atomic E-state index is 0.0209. The minimum atomic E-state index is -0.580. The Balaban J connectivity index is 1.62. The predicted molar refractivity (Wildman–Crippen MR) is 146 cm³/mol. The smallest absolute Gasteiger partial charge is 0.161 e. The van der Waals surface area contributed by atoms with Crippen LogP contribution in [0.3, 0.4) is 0 Å². The first-order chi connectivity index (χ1) is 18.3. The molecule has 0 aromatic heterocycles. The van der Waals surface area contributed by atoms with Gasteiger partial charge < -0.3 is 10.5 Å². The van der Waals surface area contributed by atoms with Crippen molar-refractivity contribution in [3.8, 4) is 11.8 Å². The summed E-state index contributed by atoms with van der Waals surface area (Å²) < 4.78 is 19.2. The van der Waals surface area contributed by atoms with E-state index < -0.39 is 5.92 Å². The summed E-state index contributed by atoms with van der Waals surface area (Å²) in [6.45, 7) is 4.23. The Morgan fingerprint density at radius 2 is 1.87 bits per heavy atom. The number of nitrogens with zero attached hydrogens (tertiary/aromatic N) is 2. The molecule has 1 aliphatic carbocycles. The van der Waals surface area contributed by atoms with Gasteiger partial charge in [0.05, 0.1) is 17.6 Å². The molecule has 0 fully saturated rings. The summed E-state index contributed by atoms with van der Waals surface area (Å²) in [5.74, 6) is -0.0321. The highest BCUT2D eigenvalue weighted by atomic mass is 35.5. The fourth-order valence-electron chi connectivity index (χ4n) is 5.38. The lowest BCUT2D eigenvalue weighted by atomic mass is 9.74. The Labute approximate surface area is 226 Å². The molecule has 0 amide bonds. The average Bonchev–Trinajstić information content (AvgIpc) is 2.89. The first-order valence-corrected chi connectivity index (χ1v) is 12.9. The van der Waals surface area contributed by atoms with E-state index >= 15 is 0 Å². The zero-order valence-electron chi connectivity index (χ0n) is 21.2. The largest absolute Gasteiger partial charge is 0.489 e. The van der Waals surface area contributed by atoms with Gasteiger partial charge in [0.2, 0.25) is 0 Å². The van der Waals surface area contributed by atoms with Crippen molar-refractivity contribution in [2.24, 2.45) is 5.73 Å². The molecule has 3 aromatic carbocycles. The number of carbonyl (C=O) groups excluding carboxylic acids is 1. The van der Waals surface area contributed by atoms with Crippen molar-refractivity contribution in [3.05, 3.63) is 116 Å². The number of ketones is 1. The molecule has 3 aromatic rings. The monoisotopic (exact) mass is 527 g/mol. The van der Waals surface area contributed by atoms with Crippen molar-refractivity contribution in [2.75, 3.05) is 4.90 Å². The van der Waals surface area contributed by atoms with E-state index in [1.807, 2.05) is 43.0 Å². The van der Waals surface area contributed by atoms with Crippen LogP contribution in [0.15, 0.2) is 83.3 Å². The molecule has 0 saturated carbocycles. The van der Waals surface area contributed by atoms with E-state index in [-0.39, 0.29) is 18.2 Å². The van der Waals surface area contributed by atoms with Gasteiger partial charge in [0, 0.05) is 28.4 Å². The van der Waals surface area contributed by atoms with E-state index in [0.717, 1.165) is 33.6 Å². The molecule has 5 nitrogen and oxygen atoms in total. The second-order valence-electron chi connectivity index (χ2n) is 9.67. The summed E-state index contributed by atoms with van der Waals surface area (Å²) in [7, 11) is 0. The molecule has 1 aliphatic heterocycles. The molecular weight excluding hydrogens is 501 g/mol. The van der Waals surface area contributed by atoms with E-state index in [0.29, 0.717) is 47.0 Å². The third-order valence-corrected chi connectivity index (χ3v) is 7.46. The standard InChI is InChI=1S/C31H27ClFN3O2/c1-18-13-19(2)25(14-20(18)17-38-24-11-9-22(33)10-12-24)29-26(16-34)31(35)36(23-6-3-5-21(32)15-23)27-7-4-8-28(37)30(27)29/h3,5-6,9-15,29H,4,7-8,17,35H2,1-2H3. The van der Waals surface area contributed by atoms with Crippen LogP contribution in [0.1, 0.15) is 47.4 Å². The molecule has 0 spiro atoms. The van der Waals surface area contributed by atoms with Crippen LogP contribution >= 0.6 is 11.6 Å². The SMILES string of the molecule is Cc1cc(C)c(C2C(C#N)=C(N)N(c3cccc(Cl)c3)C3=C2C(=O)CCC3)cc1COc1ccc(F)cc1. The number of rotatable bonds is 5. The van der Waals surface area contributed by atoms with Gasteiger partial charge in [-0.1, -0.05) is 29.8 Å². The van der Waals surface area contributed by atoms with Gasteiger partial charge in [0.15, 0.2) is 5.78 Å². The summed E-state index contributed by atoms with van der Waals surface area (Å²) in [4.78, 5) is 15.3. The van der Waals surface area contributed by atoms with E-state index in [4.69, 9.17) is 22.1 Å². The highest BCUT2D eigenvalue weighted by Crippen LogP contribution is 2.47. The first kappa shape index (κ1) is 25.6. The zero-order valence-corrected chi connectivity index (χ0v) is 22.0. The maximum Gasteiger partial charge on any atom is 0.161 e. The number of halogens is 2. The molecule has 2 aliphatic rings. The summed E-state index contributed by atoms with van der Waals surface area (Å²) in [6.07, 6.45) is 1.79. The molecule has 0 saturated heterocycles. The number of ether oxygens (including phenoxy) is 1. The Hall–Kier alpha value is -4.08. The normalized spacial score (nSPS) is 17.4. The summed E-state index contributed by atoms with van der Waals surface area (Å²) >= 11 is 6.28. The maximum atomic E-state index is 13.5. The quantitative estimate of drug-likeness (QED) is 0.387. The number of hydrogen-bond donors (Lipinski definition) is 1. The summed E-state index contributed by atoms with van der Waals surface area (Å²) in [5.41, 5.74) is 12.9. The molecule has 1 atom stereocenters. The van der Waals surface area contributed by atoms with Crippen molar-refractivity contribution in [1.29, 1.82) is 5.26 Å². The number of allylic oxidation sites excluding steroid dienone is 3. The molecule has 0 radical (unpaired) electrons. The summed E-state index contributed by atoms with van der Waals surface area (Å²) in [5, 5.41) is 10.9. The third-order valence-electron chi connectivity index (χ3n) is 7.22. The van der Waals surface area contributed by atoms with Crippen molar-refractivity contribution in [2.45, 2.75) is 45.6 Å². The maximum absolute atomic E-state index is 13.5. The first-order valence-electron chi connectivity index (χ1n) is 12.5. The molecule has 192 valence electrons. The highest BCUT2D eigenvalue weighted by Gasteiger charge is 2.41. The van der Waals surface area contributed by atoms with Crippen molar-refractivity contribution in [1.82, 2.24) is 0 Å². The zero-order chi connectivity index (χ0) is 27.0. The average molecular weight is 528 g/mol. The number of nitriles is 1. The van der Waals surface area contributed by atoms with Crippen molar-refractivity contribution < 1.29 is 13.9 Å². The number of Topliss-reactive ketones (excluding diaryl/α,β-unsaturated/α-hetero) is 1. The molecule has 1 unspecified atom stereocenters. The van der Waals surface area contributed by atoms with E-state index in [1.54, 1.807) is 24.3 Å². The van der Waals surface area contributed by atoms with Gasteiger partial charge in [-0.2, -0.15) is 5.26 Å². The molecule has 2 N–H and O–H groups in total. The lowest BCUT2D eigenvalue weighted by Crippen LogP contribution is -2.39. The Kier molecular flexibility index (Phi) is 6.96. The molecular formula is C31H27ClFN3O2. The van der Waals surface area contributed by atoms with Crippen molar-refractivity contribution >= 4 is 23.1 Å². The van der Waals surface area contributed by atoms with E-state index in [9.17, 15) is 14.4 Å². The number of hydrogen-bond acceptors (Lipinski definition) is 5. The van der Waals surface area contributed by atoms with E-state index in [1.165, 1.54) is 12.1 Å². The van der Waals surface area contributed by atoms with Crippen LogP contribution in [0, 0.1) is 31.0 Å². The van der Waals surface area contributed by atoms with Crippen molar-refractivity contribution in [3.63, 3.8) is 0 Å². The second-order valence-corrected chi connectivity index (χ2v) is 10.1. The van der Waals surface area contributed by atoms with Crippen LogP contribution in [-0.4, -0.2) is 5.78 Å². The lowest BCUT2D eigenvalue weighted by molar-refractivity contribution is -0.116. The number of carbonyl (C=O) groups is 1.